The van der Waals surface area contributed by atoms with Crippen molar-refractivity contribution < 1.29 is 24.9 Å². The van der Waals surface area contributed by atoms with Gasteiger partial charge in [-0.1, -0.05) is 0 Å². The molecule has 4 atom stereocenters. The summed E-state index contributed by atoms with van der Waals surface area (Å²) in [7, 11) is 0. The van der Waals surface area contributed by atoms with Gasteiger partial charge in [0.15, 0.2) is 6.23 Å². The van der Waals surface area contributed by atoms with Gasteiger partial charge < -0.3 is 25.8 Å². The van der Waals surface area contributed by atoms with Gasteiger partial charge in [0.1, 0.15) is 18.3 Å². The zero-order valence-corrected chi connectivity index (χ0v) is 10.6. The van der Waals surface area contributed by atoms with Crippen LogP contribution in [-0.4, -0.2) is 52.4 Å². The molecule has 0 bridgehead atoms. The second-order valence-electron chi connectivity index (χ2n) is 4.48. The predicted molar refractivity (Wildman–Crippen MR) is 69.2 cm³/mol. The SMILES string of the molecule is Nc1ccc(C(=O)NN[C@@H]2O[C@@H](CO)[C@@H](O)[C@@H]2O)cc1. The number of carbonyl (C=O) groups is 1. The molecule has 8 heteroatoms. The molecule has 0 unspecified atom stereocenters. The third-order valence-corrected chi connectivity index (χ3v) is 3.04. The lowest BCUT2D eigenvalue weighted by atomic mass is 10.1. The topological polar surface area (TPSA) is 137 Å². The molecule has 0 aromatic heterocycles. The van der Waals surface area contributed by atoms with Crippen molar-refractivity contribution in [2.75, 3.05) is 12.3 Å². The number of ether oxygens (including phenoxy) is 1. The van der Waals surface area contributed by atoms with E-state index in [0.717, 1.165) is 0 Å². The lowest BCUT2D eigenvalue weighted by molar-refractivity contribution is -0.0375. The van der Waals surface area contributed by atoms with Crippen molar-refractivity contribution in [1.82, 2.24) is 10.9 Å². The Kier molecular flexibility index (Phi) is 4.53. The molecule has 1 aliphatic heterocycles. The fourth-order valence-corrected chi connectivity index (χ4v) is 1.86. The first kappa shape index (κ1) is 14.7. The van der Waals surface area contributed by atoms with Gasteiger partial charge in [-0.05, 0) is 24.3 Å². The van der Waals surface area contributed by atoms with Gasteiger partial charge in [0.05, 0.1) is 6.61 Å². The van der Waals surface area contributed by atoms with E-state index in [-0.39, 0.29) is 0 Å². The van der Waals surface area contributed by atoms with E-state index in [4.69, 9.17) is 15.6 Å². The maximum atomic E-state index is 11.8. The molecule has 20 heavy (non-hydrogen) atoms. The Morgan fingerprint density at radius 1 is 1.25 bits per heavy atom. The molecule has 7 N–H and O–H groups in total. The minimum atomic E-state index is -1.25. The van der Waals surface area contributed by atoms with Crippen LogP contribution in [0, 0.1) is 0 Å². The van der Waals surface area contributed by atoms with E-state index in [9.17, 15) is 15.0 Å². The van der Waals surface area contributed by atoms with Crippen LogP contribution in [0.2, 0.25) is 0 Å². The zero-order valence-electron chi connectivity index (χ0n) is 10.6. The normalized spacial score (nSPS) is 29.4. The number of carbonyl (C=O) groups excluding carboxylic acids is 1. The first-order chi connectivity index (χ1) is 9.52. The second-order valence-corrected chi connectivity index (χ2v) is 4.48. The summed E-state index contributed by atoms with van der Waals surface area (Å²) in [6, 6.07) is 6.26. The van der Waals surface area contributed by atoms with Crippen molar-refractivity contribution in [3.8, 4) is 0 Å². The van der Waals surface area contributed by atoms with Crippen molar-refractivity contribution in [2.24, 2.45) is 0 Å². The first-order valence-corrected chi connectivity index (χ1v) is 6.07. The minimum Gasteiger partial charge on any atom is -0.399 e. The third-order valence-electron chi connectivity index (χ3n) is 3.04. The van der Waals surface area contributed by atoms with Crippen LogP contribution in [-0.2, 0) is 4.74 Å². The number of benzene rings is 1. The Morgan fingerprint density at radius 2 is 1.90 bits per heavy atom. The summed E-state index contributed by atoms with van der Waals surface area (Å²) < 4.78 is 5.14. The van der Waals surface area contributed by atoms with E-state index in [1.165, 1.54) is 0 Å². The number of anilines is 1. The van der Waals surface area contributed by atoms with Crippen LogP contribution in [0.15, 0.2) is 24.3 Å². The zero-order chi connectivity index (χ0) is 14.7. The van der Waals surface area contributed by atoms with Crippen LogP contribution in [0.3, 0.4) is 0 Å². The Balaban J connectivity index is 1.89. The molecule has 1 amide bonds. The van der Waals surface area contributed by atoms with E-state index < -0.39 is 37.1 Å². The number of nitrogen functional groups attached to an aromatic ring is 1. The van der Waals surface area contributed by atoms with Crippen LogP contribution in [0.1, 0.15) is 10.4 Å². The number of amides is 1. The Bertz CT molecular complexity index is 467. The monoisotopic (exact) mass is 283 g/mol. The lowest BCUT2D eigenvalue weighted by Crippen LogP contribution is -2.49. The summed E-state index contributed by atoms with van der Waals surface area (Å²) in [4.78, 5) is 11.8. The minimum absolute atomic E-state index is 0.374. The van der Waals surface area contributed by atoms with E-state index in [1.807, 2.05) is 0 Å². The van der Waals surface area contributed by atoms with E-state index >= 15 is 0 Å². The van der Waals surface area contributed by atoms with Crippen LogP contribution < -0.4 is 16.6 Å². The lowest BCUT2D eigenvalue weighted by Gasteiger charge is -2.17. The molecule has 1 aromatic rings. The second kappa shape index (κ2) is 6.16. The molecule has 1 saturated heterocycles. The number of aliphatic hydroxyl groups is 3. The highest BCUT2D eigenvalue weighted by Gasteiger charge is 2.42. The summed E-state index contributed by atoms with van der Waals surface area (Å²) in [5.74, 6) is -0.442. The summed E-state index contributed by atoms with van der Waals surface area (Å²) in [5, 5.41) is 28.1. The van der Waals surface area contributed by atoms with Gasteiger partial charge in [-0.3, -0.25) is 10.2 Å². The average Bonchev–Trinajstić information content (AvgIpc) is 2.73. The van der Waals surface area contributed by atoms with Gasteiger partial charge in [-0.15, -0.1) is 0 Å². The summed E-state index contributed by atoms with van der Waals surface area (Å²) >= 11 is 0. The summed E-state index contributed by atoms with van der Waals surface area (Å²) in [6.07, 6.45) is -4.36. The molecule has 0 spiro atoms. The average molecular weight is 283 g/mol. The molecule has 1 fully saturated rings. The molecule has 1 aliphatic rings. The van der Waals surface area contributed by atoms with Crippen molar-refractivity contribution in [2.45, 2.75) is 24.5 Å². The number of aliphatic hydroxyl groups excluding tert-OH is 3. The maximum Gasteiger partial charge on any atom is 0.265 e. The highest BCUT2D eigenvalue weighted by atomic mass is 16.6. The highest BCUT2D eigenvalue weighted by molar-refractivity contribution is 5.94. The quantitative estimate of drug-likeness (QED) is 0.276. The first-order valence-electron chi connectivity index (χ1n) is 6.07. The fraction of sp³-hybridized carbons (Fsp3) is 0.417. The van der Waals surface area contributed by atoms with Gasteiger partial charge >= 0.3 is 0 Å². The number of hydrazine groups is 1. The molecule has 2 rings (SSSR count). The van der Waals surface area contributed by atoms with Gasteiger partial charge in [0.2, 0.25) is 0 Å². The predicted octanol–water partition coefficient (Wildman–Crippen LogP) is -2.06. The van der Waals surface area contributed by atoms with Crippen molar-refractivity contribution in [3.63, 3.8) is 0 Å². The maximum absolute atomic E-state index is 11.8. The number of hydrogen-bond donors (Lipinski definition) is 6. The summed E-state index contributed by atoms with van der Waals surface area (Å²) in [6.45, 7) is -0.428. The van der Waals surface area contributed by atoms with Gasteiger partial charge in [-0.2, -0.15) is 0 Å². The van der Waals surface area contributed by atoms with E-state index in [2.05, 4.69) is 10.9 Å². The van der Waals surface area contributed by atoms with Crippen LogP contribution in [0.25, 0.3) is 0 Å². The standard InChI is InChI=1S/C12H17N3O5/c13-7-3-1-6(2-4-7)11(19)14-15-12-10(18)9(17)8(5-16)20-12/h1-4,8-10,12,15-18H,5,13H2,(H,14,19)/t8-,9+,10-,12+/m0/s1. The largest absolute Gasteiger partial charge is 0.399 e. The van der Waals surface area contributed by atoms with E-state index in [0.29, 0.717) is 11.3 Å². The molecule has 110 valence electrons. The molecule has 8 nitrogen and oxygen atoms in total. The van der Waals surface area contributed by atoms with E-state index in [1.54, 1.807) is 24.3 Å². The molecular formula is C12H17N3O5. The molecule has 1 heterocycles. The van der Waals surface area contributed by atoms with Crippen molar-refractivity contribution in [3.05, 3.63) is 29.8 Å². The fourth-order valence-electron chi connectivity index (χ4n) is 1.86. The molecule has 0 radical (unpaired) electrons. The van der Waals surface area contributed by atoms with Gasteiger partial charge in [0, 0.05) is 11.3 Å². The highest BCUT2D eigenvalue weighted by Crippen LogP contribution is 2.18. The molecule has 0 saturated carbocycles. The van der Waals surface area contributed by atoms with Crippen molar-refractivity contribution >= 4 is 11.6 Å². The molecule has 1 aromatic carbocycles. The van der Waals surface area contributed by atoms with Crippen LogP contribution in [0.5, 0.6) is 0 Å². The summed E-state index contributed by atoms with van der Waals surface area (Å²) in [5.41, 5.74) is 11.2. The number of hydrogen-bond acceptors (Lipinski definition) is 7. The Hall–Kier alpha value is -1.71. The Morgan fingerprint density at radius 3 is 2.45 bits per heavy atom. The molecule has 0 aliphatic carbocycles. The van der Waals surface area contributed by atoms with Gasteiger partial charge in [-0.25, -0.2) is 5.43 Å². The van der Waals surface area contributed by atoms with Crippen molar-refractivity contribution in [1.29, 1.82) is 0 Å². The number of nitrogens with two attached hydrogens (primary N) is 1. The van der Waals surface area contributed by atoms with Gasteiger partial charge in [0.25, 0.3) is 5.91 Å². The third kappa shape index (κ3) is 3.06. The van der Waals surface area contributed by atoms with Crippen LogP contribution >= 0.6 is 0 Å². The number of rotatable bonds is 4. The Labute approximate surface area is 115 Å². The molecular weight excluding hydrogens is 266 g/mol. The smallest absolute Gasteiger partial charge is 0.265 e. The van der Waals surface area contributed by atoms with Crippen LogP contribution in [0.4, 0.5) is 5.69 Å². The number of nitrogens with one attached hydrogen (secondary N) is 2.